The zero-order valence-electron chi connectivity index (χ0n) is 7.37. The first-order chi connectivity index (χ1) is 6.74. The highest BCUT2D eigenvalue weighted by Crippen LogP contribution is 2.26. The molecule has 0 unspecified atom stereocenters. The Kier molecular flexibility index (Phi) is 2.13. The normalized spacial score (nSPS) is 10.4. The van der Waals surface area contributed by atoms with E-state index in [9.17, 15) is 4.79 Å². The highest BCUT2D eigenvalue weighted by molar-refractivity contribution is 6.35. The number of fused-ring (bicyclic) bond motifs is 1. The lowest BCUT2D eigenvalue weighted by Gasteiger charge is -2.04. The number of rotatable bonds is 1. The highest BCUT2D eigenvalue weighted by Gasteiger charge is 2.08. The number of nitrogens with zero attached hydrogens (tertiary/aromatic N) is 1. The molecule has 1 aromatic heterocycles. The third-order valence-electron chi connectivity index (χ3n) is 1.94. The second kappa shape index (κ2) is 3.31. The molecule has 0 aliphatic carbocycles. The number of halogens is 1. The van der Waals surface area contributed by atoms with Gasteiger partial charge >= 0.3 is 0 Å². The van der Waals surface area contributed by atoms with Crippen LogP contribution in [0.3, 0.4) is 0 Å². The molecule has 4 nitrogen and oxygen atoms in total. The van der Waals surface area contributed by atoms with Crippen LogP contribution < -0.4 is 10.2 Å². The second-order valence-electron chi connectivity index (χ2n) is 2.73. The summed E-state index contributed by atoms with van der Waals surface area (Å²) in [5.74, 6) is 0.551. The van der Waals surface area contributed by atoms with Crippen molar-refractivity contribution in [1.29, 1.82) is 0 Å². The number of methoxy groups -OCH3 is 1. The smallest absolute Gasteiger partial charge is 0.209 e. The monoisotopic (exact) mass is 210 g/mol. The first-order valence-corrected chi connectivity index (χ1v) is 4.31. The fourth-order valence-electron chi connectivity index (χ4n) is 1.30. The minimum Gasteiger partial charge on any atom is -0.494 e. The van der Waals surface area contributed by atoms with Gasteiger partial charge in [0.25, 0.3) is 0 Å². The van der Waals surface area contributed by atoms with Crippen molar-refractivity contribution < 1.29 is 4.74 Å². The van der Waals surface area contributed by atoms with E-state index in [2.05, 4.69) is 10.2 Å². The van der Waals surface area contributed by atoms with E-state index in [1.807, 2.05) is 0 Å². The molecule has 0 saturated heterocycles. The molecule has 2 aromatic rings. The Morgan fingerprint density at radius 1 is 1.50 bits per heavy atom. The van der Waals surface area contributed by atoms with Crippen LogP contribution in [-0.2, 0) is 0 Å². The molecular weight excluding hydrogens is 204 g/mol. The number of ether oxygens (including phenoxy) is 1. The van der Waals surface area contributed by atoms with E-state index in [0.717, 1.165) is 0 Å². The summed E-state index contributed by atoms with van der Waals surface area (Å²) in [6, 6.07) is 3.31. The molecule has 0 saturated carbocycles. The van der Waals surface area contributed by atoms with Crippen LogP contribution in [-0.4, -0.2) is 17.3 Å². The lowest BCUT2D eigenvalue weighted by Crippen LogP contribution is -2.04. The minimum absolute atomic E-state index is 0.220. The van der Waals surface area contributed by atoms with E-state index in [1.54, 1.807) is 12.1 Å². The van der Waals surface area contributed by atoms with Crippen LogP contribution >= 0.6 is 11.6 Å². The average molecular weight is 211 g/mol. The summed E-state index contributed by atoms with van der Waals surface area (Å²) in [5, 5.41) is 7.18. The van der Waals surface area contributed by atoms with Crippen LogP contribution in [0.2, 0.25) is 5.02 Å². The van der Waals surface area contributed by atoms with Gasteiger partial charge in [0.15, 0.2) is 0 Å². The Morgan fingerprint density at radius 2 is 2.29 bits per heavy atom. The van der Waals surface area contributed by atoms with Crippen LogP contribution in [0.5, 0.6) is 5.75 Å². The van der Waals surface area contributed by atoms with Gasteiger partial charge in [-0.2, -0.15) is 5.10 Å². The van der Waals surface area contributed by atoms with E-state index in [-0.39, 0.29) is 5.43 Å². The molecule has 0 aliphatic heterocycles. The van der Waals surface area contributed by atoms with Crippen molar-refractivity contribution in [3.8, 4) is 5.75 Å². The molecule has 0 bridgehead atoms. The number of H-pyrrole nitrogens is 1. The quantitative estimate of drug-likeness (QED) is 0.778. The second-order valence-corrected chi connectivity index (χ2v) is 3.14. The van der Waals surface area contributed by atoms with E-state index in [0.29, 0.717) is 21.7 Å². The zero-order valence-corrected chi connectivity index (χ0v) is 8.13. The van der Waals surface area contributed by atoms with Crippen molar-refractivity contribution in [2.45, 2.75) is 0 Å². The molecule has 0 aliphatic rings. The Hall–Kier alpha value is -1.55. The minimum atomic E-state index is -0.220. The van der Waals surface area contributed by atoms with Gasteiger partial charge in [-0.05, 0) is 12.1 Å². The predicted molar refractivity (Wildman–Crippen MR) is 53.9 cm³/mol. The van der Waals surface area contributed by atoms with Crippen molar-refractivity contribution in [3.63, 3.8) is 0 Å². The third kappa shape index (κ3) is 1.24. The fourth-order valence-corrected chi connectivity index (χ4v) is 1.55. The molecular formula is C9H7ClN2O2. The van der Waals surface area contributed by atoms with E-state index < -0.39 is 0 Å². The summed E-state index contributed by atoms with van der Waals surface area (Å²) in [6.07, 6.45) is 1.19. The lowest BCUT2D eigenvalue weighted by atomic mass is 10.2. The van der Waals surface area contributed by atoms with Crippen molar-refractivity contribution in [1.82, 2.24) is 10.2 Å². The molecule has 0 spiro atoms. The van der Waals surface area contributed by atoms with Gasteiger partial charge in [-0.1, -0.05) is 11.6 Å². The first kappa shape index (κ1) is 9.02. The Morgan fingerprint density at radius 3 is 3.00 bits per heavy atom. The fraction of sp³-hybridized carbons (Fsp3) is 0.111. The van der Waals surface area contributed by atoms with Crippen LogP contribution in [0.15, 0.2) is 23.1 Å². The van der Waals surface area contributed by atoms with Gasteiger partial charge in [0.1, 0.15) is 11.3 Å². The number of hydrogen-bond donors (Lipinski definition) is 1. The summed E-state index contributed by atoms with van der Waals surface area (Å²) < 4.78 is 5.07. The Balaban J connectivity index is 2.99. The van der Waals surface area contributed by atoms with Crippen molar-refractivity contribution in [2.24, 2.45) is 0 Å². The van der Waals surface area contributed by atoms with E-state index in [4.69, 9.17) is 16.3 Å². The van der Waals surface area contributed by atoms with Gasteiger partial charge in [0, 0.05) is 0 Å². The van der Waals surface area contributed by atoms with Gasteiger partial charge < -0.3 is 4.74 Å². The van der Waals surface area contributed by atoms with E-state index in [1.165, 1.54) is 13.3 Å². The van der Waals surface area contributed by atoms with Crippen molar-refractivity contribution in [2.75, 3.05) is 7.11 Å². The molecule has 1 N–H and O–H groups in total. The molecule has 14 heavy (non-hydrogen) atoms. The summed E-state index contributed by atoms with van der Waals surface area (Å²) in [7, 11) is 1.52. The zero-order chi connectivity index (χ0) is 10.1. The first-order valence-electron chi connectivity index (χ1n) is 3.94. The molecule has 2 rings (SSSR count). The summed E-state index contributed by atoms with van der Waals surface area (Å²) in [5.41, 5.74) is 0.301. The van der Waals surface area contributed by atoms with Crippen molar-refractivity contribution >= 4 is 22.5 Å². The summed E-state index contributed by atoms with van der Waals surface area (Å²) in [4.78, 5) is 11.4. The van der Waals surface area contributed by atoms with Crippen LogP contribution in [0.4, 0.5) is 0 Å². The van der Waals surface area contributed by atoms with Crippen LogP contribution in [0.25, 0.3) is 10.9 Å². The number of nitrogens with one attached hydrogen (secondary N) is 1. The molecule has 0 atom stereocenters. The van der Waals surface area contributed by atoms with Crippen LogP contribution in [0, 0.1) is 0 Å². The largest absolute Gasteiger partial charge is 0.494 e. The highest BCUT2D eigenvalue weighted by atomic mass is 35.5. The third-order valence-corrected chi connectivity index (χ3v) is 2.26. The lowest BCUT2D eigenvalue weighted by molar-refractivity contribution is 0.418. The Bertz CT molecular complexity index is 536. The summed E-state index contributed by atoms with van der Waals surface area (Å²) in [6.45, 7) is 0. The SMILES string of the molecule is COc1ccc(Cl)c2c(=O)cn[nH]c12. The van der Waals surface area contributed by atoms with E-state index >= 15 is 0 Å². The van der Waals surface area contributed by atoms with Gasteiger partial charge in [-0.25, -0.2) is 0 Å². The molecule has 0 fully saturated rings. The molecule has 0 amide bonds. The maximum atomic E-state index is 11.4. The Labute approximate surface area is 84.5 Å². The molecule has 1 aromatic carbocycles. The molecule has 1 heterocycles. The summed E-state index contributed by atoms with van der Waals surface area (Å²) >= 11 is 5.89. The topological polar surface area (TPSA) is 55.0 Å². The standard InChI is InChI=1S/C9H7ClN2O2/c1-14-7-3-2-5(10)8-6(13)4-11-12-9(7)8/h2-4H,1H3,(H,12,13). The van der Waals surface area contributed by atoms with Gasteiger partial charge in [0.05, 0.1) is 23.7 Å². The van der Waals surface area contributed by atoms with Crippen LogP contribution in [0.1, 0.15) is 0 Å². The molecule has 72 valence electrons. The molecule has 0 radical (unpaired) electrons. The maximum Gasteiger partial charge on any atom is 0.209 e. The van der Waals surface area contributed by atoms with Gasteiger partial charge in [-0.3, -0.25) is 9.89 Å². The molecule has 5 heteroatoms. The maximum absolute atomic E-state index is 11.4. The number of aromatic amines is 1. The number of benzene rings is 1. The van der Waals surface area contributed by atoms with Gasteiger partial charge in [-0.15, -0.1) is 0 Å². The number of hydrogen-bond acceptors (Lipinski definition) is 3. The average Bonchev–Trinajstić information content (AvgIpc) is 2.18. The predicted octanol–water partition coefficient (Wildman–Crippen LogP) is 1.59. The van der Waals surface area contributed by atoms with Gasteiger partial charge in [0.2, 0.25) is 5.43 Å². The van der Waals surface area contributed by atoms with Crippen molar-refractivity contribution in [3.05, 3.63) is 33.6 Å². The number of aromatic nitrogens is 2.